The Labute approximate surface area is 123 Å². The summed E-state index contributed by atoms with van der Waals surface area (Å²) in [6.45, 7) is 13.3. The normalized spacial score (nSPS) is 14.7. The van der Waals surface area contributed by atoms with Crippen LogP contribution in [0.3, 0.4) is 0 Å². The van der Waals surface area contributed by atoms with E-state index < -0.39 is 0 Å². The summed E-state index contributed by atoms with van der Waals surface area (Å²) in [4.78, 5) is 4.42. The zero-order valence-electron chi connectivity index (χ0n) is 13.6. The molecular formula is C15H30N4O. The largest absolute Gasteiger partial charge is 0.377 e. The Bertz CT molecular complexity index is 365. The monoisotopic (exact) mass is 282 g/mol. The Morgan fingerprint density at radius 3 is 2.60 bits per heavy atom. The highest BCUT2D eigenvalue weighted by Crippen LogP contribution is 2.11. The van der Waals surface area contributed by atoms with Crippen molar-refractivity contribution >= 4 is 0 Å². The lowest BCUT2D eigenvalue weighted by Gasteiger charge is -2.26. The minimum absolute atomic E-state index is 0.226. The second-order valence-corrected chi connectivity index (χ2v) is 5.52. The molecule has 0 fully saturated rings. The maximum atomic E-state index is 5.86. The van der Waals surface area contributed by atoms with Crippen molar-refractivity contribution < 1.29 is 4.74 Å². The van der Waals surface area contributed by atoms with Gasteiger partial charge < -0.3 is 10.1 Å². The fourth-order valence-electron chi connectivity index (χ4n) is 2.47. The van der Waals surface area contributed by atoms with Crippen molar-refractivity contribution in [2.45, 2.75) is 66.2 Å². The van der Waals surface area contributed by atoms with E-state index in [0.29, 0.717) is 12.0 Å². The standard InChI is InChI=1S/C15H30N4O/c1-6-14(20-8-3)13(16-7-2)9-15-17-11-18-19(15)10-12(4)5/h11-14,16H,6-10H2,1-5H3. The van der Waals surface area contributed by atoms with Crippen molar-refractivity contribution in [2.75, 3.05) is 13.2 Å². The molecule has 20 heavy (non-hydrogen) atoms. The Morgan fingerprint density at radius 1 is 1.30 bits per heavy atom. The topological polar surface area (TPSA) is 52.0 Å². The number of likely N-dealkylation sites (N-methyl/N-ethyl adjacent to an activating group) is 1. The number of nitrogens with one attached hydrogen (secondary N) is 1. The Morgan fingerprint density at radius 2 is 2.05 bits per heavy atom. The second-order valence-electron chi connectivity index (χ2n) is 5.52. The third-order valence-corrected chi connectivity index (χ3v) is 3.33. The summed E-state index contributed by atoms with van der Waals surface area (Å²) in [5, 5.41) is 7.87. The number of hydrogen-bond donors (Lipinski definition) is 1. The number of rotatable bonds is 10. The van der Waals surface area contributed by atoms with E-state index in [-0.39, 0.29) is 6.10 Å². The van der Waals surface area contributed by atoms with Crippen LogP contribution in [0.25, 0.3) is 0 Å². The van der Waals surface area contributed by atoms with Gasteiger partial charge in [-0.05, 0) is 25.8 Å². The molecule has 0 aliphatic heterocycles. The predicted octanol–water partition coefficient (Wildman–Crippen LogP) is 2.27. The summed E-state index contributed by atoms with van der Waals surface area (Å²) in [7, 11) is 0. The van der Waals surface area contributed by atoms with Gasteiger partial charge >= 0.3 is 0 Å². The van der Waals surface area contributed by atoms with Gasteiger partial charge in [0.2, 0.25) is 0 Å². The molecule has 2 atom stereocenters. The molecule has 0 bridgehead atoms. The number of hydrogen-bond acceptors (Lipinski definition) is 4. The van der Waals surface area contributed by atoms with Gasteiger partial charge in [-0.1, -0.05) is 27.7 Å². The predicted molar refractivity (Wildman–Crippen MR) is 81.7 cm³/mol. The van der Waals surface area contributed by atoms with E-state index in [4.69, 9.17) is 4.74 Å². The highest BCUT2D eigenvalue weighted by Gasteiger charge is 2.22. The van der Waals surface area contributed by atoms with E-state index in [1.54, 1.807) is 6.33 Å². The van der Waals surface area contributed by atoms with Crippen LogP contribution < -0.4 is 5.32 Å². The molecule has 1 N–H and O–H groups in total. The smallest absolute Gasteiger partial charge is 0.138 e. The third kappa shape index (κ3) is 5.21. The van der Waals surface area contributed by atoms with Crippen LogP contribution in [0, 0.1) is 5.92 Å². The van der Waals surface area contributed by atoms with Crippen molar-refractivity contribution in [2.24, 2.45) is 5.92 Å². The van der Waals surface area contributed by atoms with Crippen molar-refractivity contribution in [3.8, 4) is 0 Å². The van der Waals surface area contributed by atoms with Crippen LogP contribution in [0.4, 0.5) is 0 Å². The molecule has 0 saturated heterocycles. The third-order valence-electron chi connectivity index (χ3n) is 3.33. The fraction of sp³-hybridized carbons (Fsp3) is 0.867. The first-order chi connectivity index (χ1) is 9.62. The zero-order chi connectivity index (χ0) is 15.0. The van der Waals surface area contributed by atoms with Gasteiger partial charge in [0.15, 0.2) is 0 Å². The molecular weight excluding hydrogens is 252 g/mol. The minimum atomic E-state index is 0.226. The van der Waals surface area contributed by atoms with Gasteiger partial charge in [0, 0.05) is 25.6 Å². The van der Waals surface area contributed by atoms with Gasteiger partial charge in [-0.2, -0.15) is 5.10 Å². The molecule has 0 spiro atoms. The second kappa shape index (κ2) is 9.08. The number of nitrogens with zero attached hydrogens (tertiary/aromatic N) is 3. The van der Waals surface area contributed by atoms with Crippen LogP contribution in [-0.4, -0.2) is 40.1 Å². The Hall–Kier alpha value is -0.940. The summed E-state index contributed by atoms with van der Waals surface area (Å²) in [6, 6.07) is 0.292. The maximum Gasteiger partial charge on any atom is 0.138 e. The molecule has 1 rings (SSSR count). The van der Waals surface area contributed by atoms with E-state index in [1.807, 2.05) is 11.6 Å². The van der Waals surface area contributed by atoms with Crippen molar-refractivity contribution in [3.63, 3.8) is 0 Å². The lowest BCUT2D eigenvalue weighted by molar-refractivity contribution is 0.0315. The average Bonchev–Trinajstić information content (AvgIpc) is 2.82. The van der Waals surface area contributed by atoms with Gasteiger partial charge in [-0.25, -0.2) is 9.67 Å². The van der Waals surface area contributed by atoms with Crippen molar-refractivity contribution in [1.29, 1.82) is 0 Å². The van der Waals surface area contributed by atoms with Crippen LogP contribution in [0.5, 0.6) is 0 Å². The fourth-order valence-corrected chi connectivity index (χ4v) is 2.47. The molecule has 0 saturated carbocycles. The first kappa shape index (κ1) is 17.1. The highest BCUT2D eigenvalue weighted by molar-refractivity contribution is 4.93. The van der Waals surface area contributed by atoms with Crippen molar-refractivity contribution in [3.05, 3.63) is 12.2 Å². The van der Waals surface area contributed by atoms with E-state index >= 15 is 0 Å². The molecule has 1 aromatic heterocycles. The first-order valence-electron chi connectivity index (χ1n) is 7.83. The van der Waals surface area contributed by atoms with Crippen molar-refractivity contribution in [1.82, 2.24) is 20.1 Å². The van der Waals surface area contributed by atoms with Crippen LogP contribution in [0.1, 0.15) is 46.9 Å². The summed E-state index contributed by atoms with van der Waals surface area (Å²) in [6.07, 6.45) is 3.75. The molecule has 5 heteroatoms. The zero-order valence-corrected chi connectivity index (χ0v) is 13.6. The molecule has 5 nitrogen and oxygen atoms in total. The summed E-state index contributed by atoms with van der Waals surface area (Å²) in [5.41, 5.74) is 0. The number of ether oxygens (including phenoxy) is 1. The van der Waals surface area contributed by atoms with Crippen LogP contribution in [0.2, 0.25) is 0 Å². The Balaban J connectivity index is 2.76. The average molecular weight is 282 g/mol. The Kier molecular flexibility index (Phi) is 7.77. The molecule has 0 aliphatic rings. The molecule has 1 aromatic rings. The SMILES string of the molecule is CCNC(Cc1ncnn1CC(C)C)C(CC)OCC. The van der Waals surface area contributed by atoms with E-state index in [0.717, 1.165) is 38.4 Å². The molecule has 1 heterocycles. The molecule has 0 aliphatic carbocycles. The highest BCUT2D eigenvalue weighted by atomic mass is 16.5. The lowest BCUT2D eigenvalue weighted by Crippen LogP contribution is -2.43. The quantitative estimate of drug-likeness (QED) is 0.715. The van der Waals surface area contributed by atoms with Crippen LogP contribution in [-0.2, 0) is 17.7 Å². The molecule has 0 radical (unpaired) electrons. The number of aromatic nitrogens is 3. The molecule has 2 unspecified atom stereocenters. The molecule has 0 aromatic carbocycles. The van der Waals surface area contributed by atoms with Gasteiger partial charge in [-0.3, -0.25) is 0 Å². The molecule has 116 valence electrons. The first-order valence-corrected chi connectivity index (χ1v) is 7.83. The lowest BCUT2D eigenvalue weighted by atomic mass is 10.0. The maximum absolute atomic E-state index is 5.86. The summed E-state index contributed by atoms with van der Waals surface area (Å²) < 4.78 is 7.88. The van der Waals surface area contributed by atoms with Gasteiger partial charge in [0.1, 0.15) is 12.2 Å². The van der Waals surface area contributed by atoms with E-state index in [2.05, 4.69) is 43.1 Å². The van der Waals surface area contributed by atoms with Gasteiger partial charge in [0.05, 0.1) is 6.10 Å². The van der Waals surface area contributed by atoms with E-state index in [1.165, 1.54) is 0 Å². The minimum Gasteiger partial charge on any atom is -0.377 e. The van der Waals surface area contributed by atoms with Crippen LogP contribution in [0.15, 0.2) is 6.33 Å². The summed E-state index contributed by atoms with van der Waals surface area (Å²) >= 11 is 0. The van der Waals surface area contributed by atoms with Gasteiger partial charge in [0.25, 0.3) is 0 Å². The van der Waals surface area contributed by atoms with E-state index in [9.17, 15) is 0 Å². The van der Waals surface area contributed by atoms with Gasteiger partial charge in [-0.15, -0.1) is 0 Å². The summed E-state index contributed by atoms with van der Waals surface area (Å²) in [5.74, 6) is 1.62. The molecule has 0 amide bonds. The van der Waals surface area contributed by atoms with Crippen LogP contribution >= 0.6 is 0 Å².